The lowest BCUT2D eigenvalue weighted by Crippen LogP contribution is -2.36. The molecule has 0 aliphatic carbocycles. The Morgan fingerprint density at radius 1 is 1.25 bits per heavy atom. The SMILES string of the molecule is C[C@@H](c1ccc(S(C)(=O)=O)cc1)N(C)CC(=O)NCc1ccco1. The molecule has 1 N–H and O–H groups in total. The topological polar surface area (TPSA) is 79.6 Å². The Morgan fingerprint density at radius 2 is 1.92 bits per heavy atom. The van der Waals surface area contributed by atoms with Gasteiger partial charge in [0.05, 0.1) is 24.2 Å². The predicted octanol–water partition coefficient (Wildman–Crippen LogP) is 1.99. The van der Waals surface area contributed by atoms with Crippen LogP contribution in [-0.2, 0) is 21.2 Å². The van der Waals surface area contributed by atoms with E-state index in [0.717, 1.165) is 5.56 Å². The van der Waals surface area contributed by atoms with E-state index in [-0.39, 0.29) is 23.4 Å². The van der Waals surface area contributed by atoms with Crippen molar-refractivity contribution in [2.75, 3.05) is 19.8 Å². The van der Waals surface area contributed by atoms with Gasteiger partial charge in [0.1, 0.15) is 5.76 Å². The fourth-order valence-corrected chi connectivity index (χ4v) is 2.90. The minimum Gasteiger partial charge on any atom is -0.467 e. The number of rotatable bonds is 7. The van der Waals surface area contributed by atoms with Crippen molar-refractivity contribution in [3.05, 3.63) is 54.0 Å². The summed E-state index contributed by atoms with van der Waals surface area (Å²) in [5, 5.41) is 2.80. The summed E-state index contributed by atoms with van der Waals surface area (Å²) in [5.74, 6) is 0.601. The molecular formula is C17H22N2O4S. The number of nitrogens with one attached hydrogen (secondary N) is 1. The largest absolute Gasteiger partial charge is 0.467 e. The van der Waals surface area contributed by atoms with E-state index in [1.807, 2.05) is 18.9 Å². The normalized spacial score (nSPS) is 13.0. The molecule has 0 spiro atoms. The highest BCUT2D eigenvalue weighted by atomic mass is 32.2. The number of carbonyl (C=O) groups is 1. The maximum atomic E-state index is 12.0. The van der Waals surface area contributed by atoms with E-state index in [0.29, 0.717) is 12.3 Å². The summed E-state index contributed by atoms with van der Waals surface area (Å²) in [6.07, 6.45) is 2.75. The Balaban J connectivity index is 1.91. The lowest BCUT2D eigenvalue weighted by Gasteiger charge is -2.24. The molecule has 1 amide bonds. The summed E-state index contributed by atoms with van der Waals surface area (Å²) in [7, 11) is -1.35. The lowest BCUT2D eigenvalue weighted by atomic mass is 10.1. The van der Waals surface area contributed by atoms with E-state index in [9.17, 15) is 13.2 Å². The minimum atomic E-state index is -3.20. The highest BCUT2D eigenvalue weighted by molar-refractivity contribution is 7.90. The van der Waals surface area contributed by atoms with Crippen LogP contribution >= 0.6 is 0 Å². The summed E-state index contributed by atoms with van der Waals surface area (Å²) in [5.41, 5.74) is 0.948. The molecule has 0 saturated carbocycles. The monoisotopic (exact) mass is 350 g/mol. The van der Waals surface area contributed by atoms with E-state index < -0.39 is 9.84 Å². The number of carbonyl (C=O) groups excluding carboxylic acids is 1. The Bertz CT molecular complexity index is 767. The molecule has 2 aromatic rings. The van der Waals surface area contributed by atoms with Crippen molar-refractivity contribution in [2.24, 2.45) is 0 Å². The molecule has 0 aliphatic heterocycles. The standard InChI is InChI=1S/C17H22N2O4S/c1-13(14-6-8-16(9-7-14)24(3,21)22)19(2)12-17(20)18-11-15-5-4-10-23-15/h4-10,13H,11-12H2,1-3H3,(H,18,20)/t13-/m0/s1. The molecule has 1 atom stereocenters. The molecule has 130 valence electrons. The highest BCUT2D eigenvalue weighted by Crippen LogP contribution is 2.20. The van der Waals surface area contributed by atoms with Crippen LogP contribution < -0.4 is 5.32 Å². The van der Waals surface area contributed by atoms with Gasteiger partial charge < -0.3 is 9.73 Å². The summed E-state index contributed by atoms with van der Waals surface area (Å²) in [4.78, 5) is 14.2. The second-order valence-corrected chi connectivity index (χ2v) is 7.80. The van der Waals surface area contributed by atoms with Crippen LogP contribution in [0.2, 0.25) is 0 Å². The minimum absolute atomic E-state index is 0.0204. The first-order valence-electron chi connectivity index (χ1n) is 7.56. The summed E-state index contributed by atoms with van der Waals surface area (Å²) in [6.45, 7) is 2.56. The van der Waals surface area contributed by atoms with Crippen molar-refractivity contribution in [3.8, 4) is 0 Å². The first-order valence-corrected chi connectivity index (χ1v) is 9.46. The molecule has 0 unspecified atom stereocenters. The molecule has 0 bridgehead atoms. The Kier molecular flexibility index (Phi) is 5.80. The van der Waals surface area contributed by atoms with Crippen LogP contribution in [0.3, 0.4) is 0 Å². The summed E-state index contributed by atoms with van der Waals surface area (Å²) < 4.78 is 28.2. The smallest absolute Gasteiger partial charge is 0.234 e. The maximum Gasteiger partial charge on any atom is 0.234 e. The molecule has 6 nitrogen and oxygen atoms in total. The number of amides is 1. The summed E-state index contributed by atoms with van der Waals surface area (Å²) in [6, 6.07) is 10.3. The van der Waals surface area contributed by atoms with Gasteiger partial charge in [-0.25, -0.2) is 8.42 Å². The van der Waals surface area contributed by atoms with E-state index in [1.54, 1.807) is 42.7 Å². The van der Waals surface area contributed by atoms with Gasteiger partial charge in [-0.2, -0.15) is 0 Å². The van der Waals surface area contributed by atoms with Gasteiger partial charge in [-0.3, -0.25) is 9.69 Å². The first-order chi connectivity index (χ1) is 11.3. The van der Waals surface area contributed by atoms with Gasteiger partial charge in [0.25, 0.3) is 0 Å². The number of furan rings is 1. The Morgan fingerprint density at radius 3 is 2.46 bits per heavy atom. The van der Waals surface area contributed by atoms with E-state index in [2.05, 4.69) is 5.32 Å². The van der Waals surface area contributed by atoms with Crippen molar-refractivity contribution in [1.29, 1.82) is 0 Å². The lowest BCUT2D eigenvalue weighted by molar-refractivity contribution is -0.122. The Labute approximate surface area is 142 Å². The molecule has 0 fully saturated rings. The van der Waals surface area contributed by atoms with Gasteiger partial charge in [0.15, 0.2) is 9.84 Å². The molecule has 0 aliphatic rings. The first kappa shape index (κ1) is 18.2. The van der Waals surface area contributed by atoms with E-state index in [4.69, 9.17) is 4.42 Å². The maximum absolute atomic E-state index is 12.0. The second-order valence-electron chi connectivity index (χ2n) is 5.79. The molecule has 0 saturated heterocycles. The van der Waals surface area contributed by atoms with Crippen molar-refractivity contribution in [1.82, 2.24) is 10.2 Å². The summed E-state index contributed by atoms with van der Waals surface area (Å²) >= 11 is 0. The van der Waals surface area contributed by atoms with E-state index >= 15 is 0 Å². The van der Waals surface area contributed by atoms with Crippen LogP contribution in [-0.4, -0.2) is 39.1 Å². The zero-order valence-corrected chi connectivity index (χ0v) is 14.8. The molecule has 2 rings (SSSR count). The van der Waals surface area contributed by atoms with E-state index in [1.165, 1.54) is 6.26 Å². The molecule has 1 heterocycles. The molecule has 1 aromatic heterocycles. The number of benzene rings is 1. The van der Waals surface area contributed by atoms with Crippen molar-refractivity contribution < 1.29 is 17.6 Å². The second kappa shape index (κ2) is 7.63. The highest BCUT2D eigenvalue weighted by Gasteiger charge is 2.16. The number of likely N-dealkylation sites (N-methyl/N-ethyl adjacent to an activating group) is 1. The average Bonchev–Trinajstić information content (AvgIpc) is 3.05. The van der Waals surface area contributed by atoms with Crippen molar-refractivity contribution >= 4 is 15.7 Å². The molecule has 0 radical (unpaired) electrons. The number of hydrogen-bond acceptors (Lipinski definition) is 5. The zero-order chi connectivity index (χ0) is 17.7. The van der Waals surface area contributed by atoms with Crippen LogP contribution in [0.1, 0.15) is 24.3 Å². The van der Waals surface area contributed by atoms with Crippen molar-refractivity contribution in [3.63, 3.8) is 0 Å². The van der Waals surface area contributed by atoms with Crippen LogP contribution in [0.5, 0.6) is 0 Å². The average molecular weight is 350 g/mol. The third kappa shape index (κ3) is 4.94. The number of hydrogen-bond donors (Lipinski definition) is 1. The predicted molar refractivity (Wildman–Crippen MR) is 91.2 cm³/mol. The van der Waals surface area contributed by atoms with Crippen LogP contribution in [0.4, 0.5) is 0 Å². The van der Waals surface area contributed by atoms with Gasteiger partial charge in [-0.05, 0) is 43.8 Å². The molecule has 1 aromatic carbocycles. The molecule has 24 heavy (non-hydrogen) atoms. The number of sulfone groups is 1. The van der Waals surface area contributed by atoms with Gasteiger partial charge in [0.2, 0.25) is 5.91 Å². The fraction of sp³-hybridized carbons (Fsp3) is 0.353. The Hall–Kier alpha value is -2.12. The van der Waals surface area contributed by atoms with Crippen LogP contribution in [0, 0.1) is 0 Å². The third-order valence-corrected chi connectivity index (χ3v) is 5.01. The molecular weight excluding hydrogens is 328 g/mol. The number of nitrogens with zero attached hydrogens (tertiary/aromatic N) is 1. The van der Waals surface area contributed by atoms with Gasteiger partial charge in [0, 0.05) is 12.3 Å². The quantitative estimate of drug-likeness (QED) is 0.826. The van der Waals surface area contributed by atoms with Crippen molar-refractivity contribution in [2.45, 2.75) is 24.4 Å². The zero-order valence-electron chi connectivity index (χ0n) is 14.0. The fourth-order valence-electron chi connectivity index (χ4n) is 2.27. The van der Waals surface area contributed by atoms with Gasteiger partial charge in [-0.1, -0.05) is 12.1 Å². The third-order valence-electron chi connectivity index (χ3n) is 3.88. The van der Waals surface area contributed by atoms with Gasteiger partial charge in [-0.15, -0.1) is 0 Å². The molecule has 7 heteroatoms. The van der Waals surface area contributed by atoms with Crippen LogP contribution in [0.25, 0.3) is 0 Å². The van der Waals surface area contributed by atoms with Gasteiger partial charge >= 0.3 is 0 Å². The van der Waals surface area contributed by atoms with Crippen LogP contribution in [0.15, 0.2) is 52.0 Å².